The number of hydrogen-bond acceptors (Lipinski definition) is 4. The molecule has 208 valence electrons. The zero-order valence-corrected chi connectivity index (χ0v) is 24.4. The van der Waals surface area contributed by atoms with E-state index in [9.17, 15) is 18.0 Å². The fraction of sp³-hybridized carbons (Fsp3) is 0.333. The minimum absolute atomic E-state index is 0.0910. The number of hydrogen-bond donors (Lipinski definition) is 1. The van der Waals surface area contributed by atoms with E-state index in [1.807, 2.05) is 81.4 Å². The van der Waals surface area contributed by atoms with Crippen LogP contribution in [0.25, 0.3) is 0 Å². The molecule has 0 aliphatic rings. The van der Waals surface area contributed by atoms with Crippen LogP contribution in [0.4, 0.5) is 5.69 Å². The largest absolute Gasteiger partial charge is 0.352 e. The summed E-state index contributed by atoms with van der Waals surface area (Å²) >= 11 is 6.29. The molecule has 0 radical (unpaired) electrons. The molecule has 1 N–H and O–H groups in total. The van der Waals surface area contributed by atoms with Gasteiger partial charge in [0, 0.05) is 24.0 Å². The monoisotopic (exact) mass is 569 g/mol. The highest BCUT2D eigenvalue weighted by atomic mass is 35.5. The molecule has 3 rings (SSSR count). The Bertz CT molecular complexity index is 1370. The lowest BCUT2D eigenvalue weighted by Crippen LogP contribution is -2.54. The van der Waals surface area contributed by atoms with Crippen LogP contribution >= 0.6 is 11.6 Å². The Morgan fingerprint density at radius 1 is 0.949 bits per heavy atom. The number of carbonyl (C=O) groups is 2. The van der Waals surface area contributed by atoms with Crippen LogP contribution in [-0.4, -0.2) is 50.0 Å². The van der Waals surface area contributed by atoms with Crippen molar-refractivity contribution >= 4 is 39.1 Å². The number of nitrogens with one attached hydrogen (secondary N) is 1. The average Bonchev–Trinajstić information content (AvgIpc) is 2.91. The third kappa shape index (κ3) is 8.57. The highest BCUT2D eigenvalue weighted by Gasteiger charge is 2.33. The van der Waals surface area contributed by atoms with Gasteiger partial charge in [-0.05, 0) is 49.1 Å². The van der Waals surface area contributed by atoms with Gasteiger partial charge in [-0.2, -0.15) is 0 Å². The van der Waals surface area contributed by atoms with Gasteiger partial charge < -0.3 is 10.2 Å². The fourth-order valence-corrected chi connectivity index (χ4v) is 5.14. The number of sulfonamides is 1. The quantitative estimate of drug-likeness (QED) is 0.334. The highest BCUT2D eigenvalue weighted by molar-refractivity contribution is 7.92. The van der Waals surface area contributed by atoms with Gasteiger partial charge in [0.1, 0.15) is 12.6 Å². The Morgan fingerprint density at radius 2 is 1.54 bits per heavy atom. The van der Waals surface area contributed by atoms with E-state index >= 15 is 0 Å². The van der Waals surface area contributed by atoms with Gasteiger partial charge in [-0.3, -0.25) is 13.9 Å². The predicted octanol–water partition coefficient (Wildman–Crippen LogP) is 4.97. The van der Waals surface area contributed by atoms with Gasteiger partial charge in [-0.15, -0.1) is 0 Å². The van der Waals surface area contributed by atoms with Gasteiger partial charge in [0.05, 0.1) is 11.9 Å². The maximum atomic E-state index is 14.0. The lowest BCUT2D eigenvalue weighted by molar-refractivity contribution is -0.140. The van der Waals surface area contributed by atoms with E-state index in [0.29, 0.717) is 5.02 Å². The van der Waals surface area contributed by atoms with Gasteiger partial charge in [-0.1, -0.05) is 85.3 Å². The van der Waals surface area contributed by atoms with E-state index in [2.05, 4.69) is 5.32 Å². The summed E-state index contributed by atoms with van der Waals surface area (Å²) in [5.41, 5.74) is 2.78. The first-order valence-electron chi connectivity index (χ1n) is 12.9. The van der Waals surface area contributed by atoms with E-state index < -0.39 is 28.5 Å². The van der Waals surface area contributed by atoms with Gasteiger partial charge >= 0.3 is 0 Å². The molecule has 0 heterocycles. The molecule has 0 saturated carbocycles. The van der Waals surface area contributed by atoms with Crippen LogP contribution in [0.15, 0.2) is 78.9 Å². The zero-order chi connectivity index (χ0) is 28.6. The van der Waals surface area contributed by atoms with Crippen molar-refractivity contribution in [3.05, 3.63) is 101 Å². The van der Waals surface area contributed by atoms with Crippen LogP contribution in [0.5, 0.6) is 0 Å². The number of anilines is 1. The zero-order valence-electron chi connectivity index (χ0n) is 22.8. The smallest absolute Gasteiger partial charge is 0.244 e. The minimum atomic E-state index is -3.85. The van der Waals surface area contributed by atoms with Gasteiger partial charge in [-0.25, -0.2) is 8.42 Å². The molecule has 2 atom stereocenters. The second kappa shape index (κ2) is 13.6. The summed E-state index contributed by atoms with van der Waals surface area (Å²) in [6.45, 7) is 5.35. The van der Waals surface area contributed by atoms with Crippen LogP contribution in [0.1, 0.15) is 37.0 Å². The number of aryl methyl sites for hydroxylation is 1. The molecule has 2 amide bonds. The van der Waals surface area contributed by atoms with E-state index in [4.69, 9.17) is 11.6 Å². The van der Waals surface area contributed by atoms with E-state index in [0.717, 1.165) is 33.7 Å². The molecule has 0 aromatic heterocycles. The first-order chi connectivity index (χ1) is 18.5. The van der Waals surface area contributed by atoms with Gasteiger partial charge in [0.15, 0.2) is 0 Å². The summed E-state index contributed by atoms with van der Waals surface area (Å²) in [6.07, 6.45) is 2.05. The summed E-state index contributed by atoms with van der Waals surface area (Å²) in [4.78, 5) is 29.1. The van der Waals surface area contributed by atoms with Gasteiger partial charge in [0.2, 0.25) is 21.8 Å². The lowest BCUT2D eigenvalue weighted by atomic mass is 10.0. The summed E-state index contributed by atoms with van der Waals surface area (Å²) in [7, 11) is -3.85. The summed E-state index contributed by atoms with van der Waals surface area (Å²) < 4.78 is 26.7. The topological polar surface area (TPSA) is 86.8 Å². The number of carbonyl (C=O) groups excluding carboxylic acids is 2. The molecule has 3 aromatic carbocycles. The Kier molecular flexibility index (Phi) is 10.5. The Labute approximate surface area is 236 Å². The molecule has 0 saturated heterocycles. The molecule has 0 unspecified atom stereocenters. The van der Waals surface area contributed by atoms with Crippen molar-refractivity contribution in [2.45, 2.75) is 52.2 Å². The third-order valence-corrected chi connectivity index (χ3v) is 8.14. The van der Waals surface area contributed by atoms with Crippen LogP contribution in [0, 0.1) is 6.92 Å². The normalized spacial score (nSPS) is 12.8. The van der Waals surface area contributed by atoms with Crippen molar-refractivity contribution in [1.82, 2.24) is 10.2 Å². The summed E-state index contributed by atoms with van der Waals surface area (Å²) in [5.74, 6) is -0.789. The first-order valence-corrected chi connectivity index (χ1v) is 15.1. The van der Waals surface area contributed by atoms with Crippen molar-refractivity contribution in [2.24, 2.45) is 0 Å². The molecule has 9 heteroatoms. The molecule has 0 aliphatic heterocycles. The number of benzene rings is 3. The molecule has 0 fully saturated rings. The Hall–Kier alpha value is -3.36. The molecule has 0 spiro atoms. The van der Waals surface area contributed by atoms with Crippen LogP contribution < -0.4 is 9.62 Å². The second-order valence-electron chi connectivity index (χ2n) is 9.73. The Morgan fingerprint density at radius 3 is 2.08 bits per heavy atom. The van der Waals surface area contributed by atoms with Gasteiger partial charge in [0.25, 0.3) is 0 Å². The SMILES string of the molecule is CC[C@@H](C)NC(=O)[C@H](Cc1ccccc1)N(Cc1ccccc1)C(=O)CN(c1ccc(C)c(Cl)c1)S(C)(=O)=O. The molecule has 39 heavy (non-hydrogen) atoms. The molecule has 0 aliphatic carbocycles. The first kappa shape index (κ1) is 30.2. The minimum Gasteiger partial charge on any atom is -0.352 e. The standard InChI is InChI=1S/C30H36ClN3O4S/c1-5-23(3)32-30(36)28(18-24-12-8-6-9-13-24)33(20-25-14-10-7-11-15-25)29(35)21-34(39(4,37)38)26-17-16-22(2)27(31)19-26/h6-17,19,23,28H,5,18,20-21H2,1-4H3,(H,32,36)/t23-,28+/m1/s1. The van der Waals surface area contributed by atoms with Crippen molar-refractivity contribution in [2.75, 3.05) is 17.1 Å². The van der Waals surface area contributed by atoms with E-state index in [-0.39, 0.29) is 30.6 Å². The van der Waals surface area contributed by atoms with E-state index in [1.54, 1.807) is 12.1 Å². The molecule has 0 bridgehead atoms. The molecular formula is C30H36ClN3O4S. The van der Waals surface area contributed by atoms with Crippen LogP contribution in [0.3, 0.4) is 0 Å². The highest BCUT2D eigenvalue weighted by Crippen LogP contribution is 2.25. The van der Waals surface area contributed by atoms with Crippen molar-refractivity contribution in [3.8, 4) is 0 Å². The third-order valence-electron chi connectivity index (χ3n) is 6.59. The number of amides is 2. The number of nitrogens with zero attached hydrogens (tertiary/aromatic N) is 2. The molecule has 3 aromatic rings. The summed E-state index contributed by atoms with van der Waals surface area (Å²) in [5, 5.41) is 3.41. The van der Waals surface area contributed by atoms with Crippen LogP contribution in [0.2, 0.25) is 5.02 Å². The van der Waals surface area contributed by atoms with Crippen molar-refractivity contribution < 1.29 is 18.0 Å². The fourth-order valence-electron chi connectivity index (χ4n) is 4.13. The predicted molar refractivity (Wildman–Crippen MR) is 157 cm³/mol. The van der Waals surface area contributed by atoms with Crippen LogP contribution in [-0.2, 0) is 32.6 Å². The van der Waals surface area contributed by atoms with Crippen molar-refractivity contribution in [3.63, 3.8) is 0 Å². The summed E-state index contributed by atoms with van der Waals surface area (Å²) in [6, 6.07) is 22.7. The second-order valence-corrected chi connectivity index (χ2v) is 12.0. The Balaban J connectivity index is 2.05. The lowest BCUT2D eigenvalue weighted by Gasteiger charge is -2.34. The molecular weight excluding hydrogens is 534 g/mol. The van der Waals surface area contributed by atoms with Crippen molar-refractivity contribution in [1.29, 1.82) is 0 Å². The number of halogens is 1. The maximum absolute atomic E-state index is 14.0. The molecule has 7 nitrogen and oxygen atoms in total. The average molecular weight is 570 g/mol. The maximum Gasteiger partial charge on any atom is 0.244 e. The number of rotatable bonds is 12. The van der Waals surface area contributed by atoms with E-state index in [1.165, 1.54) is 11.0 Å².